The molecule has 0 aliphatic carbocycles. The van der Waals surface area contributed by atoms with Crippen molar-refractivity contribution in [2.45, 2.75) is 25.5 Å². The van der Waals surface area contributed by atoms with Gasteiger partial charge < -0.3 is 0 Å². The third kappa shape index (κ3) is 3.30. The first kappa shape index (κ1) is 14.2. The summed E-state index contributed by atoms with van der Waals surface area (Å²) in [5.41, 5.74) is 0.387. The number of rotatable bonds is 5. The Balaban J connectivity index is 3.07. The highest BCUT2D eigenvalue weighted by atomic mass is 35.5. The maximum Gasteiger partial charge on any atom is 0.180 e. The lowest BCUT2D eigenvalue weighted by Crippen LogP contribution is -2.31. The van der Waals surface area contributed by atoms with Gasteiger partial charge >= 0.3 is 0 Å². The quantitative estimate of drug-likeness (QED) is 0.776. The van der Waals surface area contributed by atoms with E-state index >= 15 is 0 Å². The van der Waals surface area contributed by atoms with Crippen LogP contribution in [0, 0.1) is 0 Å². The number of halogens is 1. The number of carbonyl (C=O) groups is 1. The molecular formula is C12H15ClO3S. The molecule has 0 aliphatic rings. The zero-order valence-corrected chi connectivity index (χ0v) is 11.4. The number of Topliss-reactive ketones (excluding diaryl/α,β-unsaturated/α-hetero) is 1. The number of sulfone groups is 1. The average molecular weight is 275 g/mol. The van der Waals surface area contributed by atoms with Crippen LogP contribution in [0.15, 0.2) is 24.3 Å². The van der Waals surface area contributed by atoms with Crippen LogP contribution in [-0.4, -0.2) is 25.2 Å². The van der Waals surface area contributed by atoms with Crippen LogP contribution in [0.4, 0.5) is 0 Å². The molecule has 1 rings (SSSR count). The molecule has 0 amide bonds. The molecule has 0 aromatic heterocycles. The fraction of sp³-hybridized carbons (Fsp3) is 0.417. The second kappa shape index (κ2) is 5.65. The number of carbonyl (C=O) groups excluding carboxylic acids is 1. The Hall–Kier alpha value is -0.870. The van der Waals surface area contributed by atoms with Crippen molar-refractivity contribution in [1.29, 1.82) is 0 Å². The summed E-state index contributed by atoms with van der Waals surface area (Å²) >= 11 is 5.72. The smallest absolute Gasteiger partial charge is 0.180 e. The second-order valence-corrected chi connectivity index (χ2v) is 6.63. The van der Waals surface area contributed by atoms with E-state index in [-0.39, 0.29) is 18.0 Å². The minimum atomic E-state index is -3.35. The van der Waals surface area contributed by atoms with Crippen molar-refractivity contribution in [1.82, 2.24) is 0 Å². The van der Waals surface area contributed by atoms with E-state index in [0.29, 0.717) is 10.6 Å². The third-order valence-corrected chi connectivity index (χ3v) is 5.10. The number of hydrogen-bond donors (Lipinski definition) is 0. The highest BCUT2D eigenvalue weighted by Gasteiger charge is 2.29. The predicted octanol–water partition coefficient (Wildman–Crippen LogP) is 2.74. The number of ketones is 1. The summed E-state index contributed by atoms with van der Waals surface area (Å²) in [7, 11) is -3.35. The van der Waals surface area contributed by atoms with Crippen LogP contribution in [0.3, 0.4) is 0 Å². The van der Waals surface area contributed by atoms with E-state index in [1.54, 1.807) is 38.1 Å². The van der Waals surface area contributed by atoms with E-state index in [1.807, 2.05) is 0 Å². The first-order valence-electron chi connectivity index (χ1n) is 5.43. The summed E-state index contributed by atoms with van der Waals surface area (Å²) in [6, 6.07) is 6.27. The van der Waals surface area contributed by atoms with Crippen molar-refractivity contribution in [2.75, 3.05) is 5.75 Å². The summed E-state index contributed by atoms with van der Waals surface area (Å²) in [6.45, 7) is 3.25. The zero-order valence-electron chi connectivity index (χ0n) is 9.81. The topological polar surface area (TPSA) is 51.2 Å². The van der Waals surface area contributed by atoms with Gasteiger partial charge in [0.15, 0.2) is 15.6 Å². The summed E-state index contributed by atoms with van der Waals surface area (Å²) in [5.74, 6) is -0.379. The first-order valence-corrected chi connectivity index (χ1v) is 7.53. The van der Waals surface area contributed by atoms with E-state index in [1.165, 1.54) is 0 Å². The maximum atomic E-state index is 12.1. The van der Waals surface area contributed by atoms with Crippen LogP contribution >= 0.6 is 11.6 Å². The Labute approximate surface area is 107 Å². The lowest BCUT2D eigenvalue weighted by molar-refractivity contribution is 0.0985. The molecular weight excluding hydrogens is 260 g/mol. The van der Waals surface area contributed by atoms with Crippen LogP contribution in [0.2, 0.25) is 5.02 Å². The van der Waals surface area contributed by atoms with Crippen LogP contribution in [-0.2, 0) is 9.84 Å². The Bertz CT molecular complexity index is 491. The minimum Gasteiger partial charge on any atom is -0.293 e. The molecule has 0 spiro atoms. The molecule has 5 heteroatoms. The van der Waals surface area contributed by atoms with Crippen molar-refractivity contribution in [3.63, 3.8) is 0 Å². The van der Waals surface area contributed by atoms with Crippen LogP contribution < -0.4 is 0 Å². The van der Waals surface area contributed by atoms with Crippen molar-refractivity contribution >= 4 is 27.2 Å². The van der Waals surface area contributed by atoms with Gasteiger partial charge in [-0.25, -0.2) is 8.42 Å². The molecule has 0 radical (unpaired) electrons. The SMILES string of the molecule is CC[C@@H](C(=O)c1ccc(Cl)cc1)S(=O)(=O)CC. The zero-order chi connectivity index (χ0) is 13.1. The van der Waals surface area contributed by atoms with E-state index < -0.39 is 15.1 Å². The lowest BCUT2D eigenvalue weighted by Gasteiger charge is -2.13. The Morgan fingerprint density at radius 1 is 1.24 bits per heavy atom. The van der Waals surface area contributed by atoms with Crippen LogP contribution in [0.1, 0.15) is 30.6 Å². The largest absolute Gasteiger partial charge is 0.293 e. The molecule has 0 saturated carbocycles. The van der Waals surface area contributed by atoms with Crippen molar-refractivity contribution < 1.29 is 13.2 Å². The Morgan fingerprint density at radius 2 is 1.76 bits per heavy atom. The molecule has 0 aliphatic heterocycles. The molecule has 0 heterocycles. The maximum absolute atomic E-state index is 12.1. The van der Waals surface area contributed by atoms with Gasteiger partial charge in [-0.15, -0.1) is 0 Å². The Morgan fingerprint density at radius 3 is 2.18 bits per heavy atom. The van der Waals surface area contributed by atoms with E-state index in [9.17, 15) is 13.2 Å². The predicted molar refractivity (Wildman–Crippen MR) is 69.3 cm³/mol. The molecule has 1 atom stereocenters. The molecule has 0 bridgehead atoms. The van der Waals surface area contributed by atoms with Gasteiger partial charge in [-0.2, -0.15) is 0 Å². The van der Waals surface area contributed by atoms with Gasteiger partial charge in [0.2, 0.25) is 0 Å². The monoisotopic (exact) mass is 274 g/mol. The summed E-state index contributed by atoms with van der Waals surface area (Å²) in [6.07, 6.45) is 0.289. The van der Waals surface area contributed by atoms with Gasteiger partial charge in [-0.05, 0) is 30.7 Å². The minimum absolute atomic E-state index is 0.0230. The van der Waals surface area contributed by atoms with Crippen molar-refractivity contribution in [2.24, 2.45) is 0 Å². The van der Waals surface area contributed by atoms with Gasteiger partial charge in [0.1, 0.15) is 5.25 Å². The van der Waals surface area contributed by atoms with Gasteiger partial charge in [0.25, 0.3) is 0 Å². The fourth-order valence-electron chi connectivity index (χ4n) is 1.60. The van der Waals surface area contributed by atoms with Crippen molar-refractivity contribution in [3.8, 4) is 0 Å². The second-order valence-electron chi connectivity index (χ2n) is 3.72. The molecule has 17 heavy (non-hydrogen) atoms. The van der Waals surface area contributed by atoms with Crippen molar-refractivity contribution in [3.05, 3.63) is 34.9 Å². The third-order valence-electron chi connectivity index (χ3n) is 2.63. The molecule has 94 valence electrons. The van der Waals surface area contributed by atoms with Crippen LogP contribution in [0.25, 0.3) is 0 Å². The summed E-state index contributed by atoms with van der Waals surface area (Å²) in [4.78, 5) is 12.1. The van der Waals surface area contributed by atoms with E-state index in [4.69, 9.17) is 11.6 Å². The van der Waals surface area contributed by atoms with E-state index in [0.717, 1.165) is 0 Å². The first-order chi connectivity index (χ1) is 7.92. The molecule has 1 aromatic rings. The molecule has 0 unspecified atom stereocenters. The van der Waals surface area contributed by atoms with Crippen LogP contribution in [0.5, 0.6) is 0 Å². The molecule has 0 saturated heterocycles. The Kier molecular flexibility index (Phi) is 4.71. The molecule has 3 nitrogen and oxygen atoms in total. The summed E-state index contributed by atoms with van der Waals surface area (Å²) in [5, 5.41) is -0.429. The standard InChI is InChI=1S/C12H15ClO3S/c1-3-11(17(15,16)4-2)12(14)9-5-7-10(13)8-6-9/h5-8,11H,3-4H2,1-2H3/t11-/m0/s1. The lowest BCUT2D eigenvalue weighted by atomic mass is 10.1. The van der Waals surface area contributed by atoms with Gasteiger partial charge in [0.05, 0.1) is 0 Å². The van der Waals surface area contributed by atoms with Gasteiger partial charge in [0, 0.05) is 16.3 Å². The molecule has 1 aromatic carbocycles. The van der Waals surface area contributed by atoms with Gasteiger partial charge in [-0.1, -0.05) is 25.4 Å². The van der Waals surface area contributed by atoms with E-state index in [2.05, 4.69) is 0 Å². The normalized spacial score (nSPS) is 13.4. The number of hydrogen-bond acceptors (Lipinski definition) is 3. The van der Waals surface area contributed by atoms with Gasteiger partial charge in [-0.3, -0.25) is 4.79 Å². The number of benzene rings is 1. The average Bonchev–Trinajstić information content (AvgIpc) is 2.30. The molecule has 0 fully saturated rings. The highest BCUT2D eigenvalue weighted by molar-refractivity contribution is 7.92. The summed E-state index contributed by atoms with van der Waals surface area (Å²) < 4.78 is 23.5. The fourth-order valence-corrected chi connectivity index (χ4v) is 3.10. The molecule has 0 N–H and O–H groups in total. The highest BCUT2D eigenvalue weighted by Crippen LogP contribution is 2.16.